The molecule has 0 saturated carbocycles. The van der Waals surface area contributed by atoms with Gasteiger partial charge < -0.3 is 10.1 Å². The van der Waals surface area contributed by atoms with E-state index >= 15 is 0 Å². The SMILES string of the molecule is Cc1c(Cl)cccc1NC(=O)/C(C#N)=C\c1cc(Br)c(OCc2ccccc2)c(I)c1. The molecule has 0 heterocycles. The minimum absolute atomic E-state index is 0.0139. The molecule has 31 heavy (non-hydrogen) atoms. The van der Waals surface area contributed by atoms with Gasteiger partial charge in [-0.2, -0.15) is 5.26 Å². The van der Waals surface area contributed by atoms with Crippen LogP contribution in [-0.2, 0) is 11.4 Å². The molecule has 0 aromatic heterocycles. The van der Waals surface area contributed by atoms with Gasteiger partial charge in [0.1, 0.15) is 24.0 Å². The first-order chi connectivity index (χ1) is 14.9. The van der Waals surface area contributed by atoms with Gasteiger partial charge in [-0.1, -0.05) is 48.0 Å². The Kier molecular flexibility index (Phi) is 8.13. The molecule has 7 heteroatoms. The second-order valence-corrected chi connectivity index (χ2v) is 9.05. The second kappa shape index (κ2) is 10.8. The molecule has 0 radical (unpaired) electrons. The molecule has 0 fully saturated rings. The summed E-state index contributed by atoms with van der Waals surface area (Å²) in [6, 6.07) is 20.8. The van der Waals surface area contributed by atoms with E-state index in [4.69, 9.17) is 16.3 Å². The maximum absolute atomic E-state index is 12.6. The molecule has 0 saturated heterocycles. The molecule has 0 aliphatic rings. The minimum Gasteiger partial charge on any atom is -0.487 e. The fourth-order valence-corrected chi connectivity index (χ4v) is 4.72. The summed E-state index contributed by atoms with van der Waals surface area (Å²) >= 11 is 11.8. The third kappa shape index (κ3) is 6.10. The third-order valence-corrected chi connectivity index (χ3v) is 6.24. The largest absolute Gasteiger partial charge is 0.487 e. The molecule has 0 bridgehead atoms. The van der Waals surface area contributed by atoms with Gasteiger partial charge in [0.15, 0.2) is 0 Å². The number of ether oxygens (including phenoxy) is 1. The number of nitriles is 1. The van der Waals surface area contributed by atoms with Gasteiger partial charge in [0.25, 0.3) is 5.91 Å². The molecule has 0 atom stereocenters. The predicted octanol–water partition coefficient (Wildman–Crippen LogP) is 7.14. The summed E-state index contributed by atoms with van der Waals surface area (Å²) in [6.45, 7) is 2.25. The van der Waals surface area contributed by atoms with Gasteiger partial charge >= 0.3 is 0 Å². The molecule has 0 aliphatic carbocycles. The van der Waals surface area contributed by atoms with Gasteiger partial charge in [0, 0.05) is 10.7 Å². The summed E-state index contributed by atoms with van der Waals surface area (Å²) in [5, 5.41) is 12.8. The van der Waals surface area contributed by atoms with Crippen molar-refractivity contribution in [2.45, 2.75) is 13.5 Å². The molecule has 4 nitrogen and oxygen atoms in total. The van der Waals surface area contributed by atoms with Crippen molar-refractivity contribution >= 4 is 67.8 Å². The molecule has 1 N–H and O–H groups in total. The minimum atomic E-state index is -0.497. The summed E-state index contributed by atoms with van der Waals surface area (Å²) in [5.74, 6) is 0.211. The predicted molar refractivity (Wildman–Crippen MR) is 136 cm³/mol. The quantitative estimate of drug-likeness (QED) is 0.184. The Bertz CT molecular complexity index is 1170. The lowest BCUT2D eigenvalue weighted by Gasteiger charge is -2.12. The van der Waals surface area contributed by atoms with E-state index < -0.39 is 5.91 Å². The van der Waals surface area contributed by atoms with Crippen LogP contribution in [0.1, 0.15) is 16.7 Å². The number of rotatable bonds is 6. The highest BCUT2D eigenvalue weighted by molar-refractivity contribution is 14.1. The van der Waals surface area contributed by atoms with Crippen LogP contribution >= 0.6 is 50.1 Å². The van der Waals surface area contributed by atoms with Crippen LogP contribution in [0, 0.1) is 21.8 Å². The van der Waals surface area contributed by atoms with Crippen molar-refractivity contribution in [1.82, 2.24) is 0 Å². The Hall–Kier alpha value is -2.34. The zero-order valence-corrected chi connectivity index (χ0v) is 21.0. The van der Waals surface area contributed by atoms with E-state index in [1.54, 1.807) is 31.2 Å². The first-order valence-electron chi connectivity index (χ1n) is 9.23. The molecule has 156 valence electrons. The molecule has 3 aromatic carbocycles. The zero-order chi connectivity index (χ0) is 22.4. The average Bonchev–Trinajstić information content (AvgIpc) is 2.75. The third-order valence-electron chi connectivity index (χ3n) is 4.44. The van der Waals surface area contributed by atoms with E-state index in [0.29, 0.717) is 28.6 Å². The van der Waals surface area contributed by atoms with Crippen molar-refractivity contribution in [3.05, 3.63) is 96.0 Å². The first kappa shape index (κ1) is 23.3. The molecule has 1 amide bonds. The molecule has 0 spiro atoms. The zero-order valence-electron chi connectivity index (χ0n) is 16.5. The topological polar surface area (TPSA) is 62.1 Å². The van der Waals surface area contributed by atoms with E-state index in [9.17, 15) is 10.1 Å². The lowest BCUT2D eigenvalue weighted by molar-refractivity contribution is -0.112. The van der Waals surface area contributed by atoms with Crippen molar-refractivity contribution in [3.8, 4) is 11.8 Å². The Morgan fingerprint density at radius 3 is 2.65 bits per heavy atom. The van der Waals surface area contributed by atoms with Crippen LogP contribution in [0.3, 0.4) is 0 Å². The van der Waals surface area contributed by atoms with Crippen molar-refractivity contribution in [2.24, 2.45) is 0 Å². The highest BCUT2D eigenvalue weighted by Crippen LogP contribution is 2.33. The molecule has 0 unspecified atom stereocenters. The van der Waals surface area contributed by atoms with E-state index in [0.717, 1.165) is 19.2 Å². The van der Waals surface area contributed by atoms with Crippen molar-refractivity contribution in [1.29, 1.82) is 5.26 Å². The summed E-state index contributed by atoms with van der Waals surface area (Å²) in [5.41, 5.74) is 3.07. The Balaban J connectivity index is 1.80. The first-order valence-corrected chi connectivity index (χ1v) is 11.5. The number of halogens is 3. The molecular formula is C24H17BrClIN2O2. The van der Waals surface area contributed by atoms with Crippen LogP contribution in [0.5, 0.6) is 5.75 Å². The number of carbonyl (C=O) groups is 1. The number of anilines is 1. The van der Waals surface area contributed by atoms with E-state index in [1.807, 2.05) is 48.5 Å². The number of hydrogen-bond acceptors (Lipinski definition) is 3. The van der Waals surface area contributed by atoms with Crippen LogP contribution in [0.2, 0.25) is 5.02 Å². The van der Waals surface area contributed by atoms with Gasteiger partial charge in [-0.15, -0.1) is 0 Å². The molecule has 3 rings (SSSR count). The summed E-state index contributed by atoms with van der Waals surface area (Å²) in [4.78, 5) is 12.6. The average molecular weight is 608 g/mol. The summed E-state index contributed by atoms with van der Waals surface area (Å²) in [6.07, 6.45) is 1.54. The highest BCUT2D eigenvalue weighted by atomic mass is 127. The molecular weight excluding hydrogens is 591 g/mol. The van der Waals surface area contributed by atoms with Gasteiger partial charge in [-0.05, 0) is 92.5 Å². The fourth-order valence-electron chi connectivity index (χ4n) is 2.78. The van der Waals surface area contributed by atoms with Gasteiger partial charge in [0.05, 0.1) is 8.04 Å². The lowest BCUT2D eigenvalue weighted by Crippen LogP contribution is -2.14. The Morgan fingerprint density at radius 1 is 1.23 bits per heavy atom. The Labute approximate surface area is 208 Å². The summed E-state index contributed by atoms with van der Waals surface area (Å²) in [7, 11) is 0. The van der Waals surface area contributed by atoms with Crippen LogP contribution in [0.4, 0.5) is 5.69 Å². The maximum Gasteiger partial charge on any atom is 0.266 e. The highest BCUT2D eigenvalue weighted by Gasteiger charge is 2.14. The number of benzene rings is 3. The second-order valence-electron chi connectivity index (χ2n) is 6.62. The number of carbonyl (C=O) groups excluding carboxylic acids is 1. The van der Waals surface area contributed by atoms with Crippen molar-refractivity contribution < 1.29 is 9.53 Å². The number of hydrogen-bond donors (Lipinski definition) is 1. The van der Waals surface area contributed by atoms with E-state index in [-0.39, 0.29) is 5.57 Å². The number of nitrogens with one attached hydrogen (secondary N) is 1. The van der Waals surface area contributed by atoms with Crippen LogP contribution in [-0.4, -0.2) is 5.91 Å². The van der Waals surface area contributed by atoms with Gasteiger partial charge in [-0.25, -0.2) is 0 Å². The van der Waals surface area contributed by atoms with Gasteiger partial charge in [-0.3, -0.25) is 4.79 Å². The normalized spacial score (nSPS) is 11.0. The maximum atomic E-state index is 12.6. The fraction of sp³-hybridized carbons (Fsp3) is 0.0833. The number of amides is 1. The van der Waals surface area contributed by atoms with Gasteiger partial charge in [0.2, 0.25) is 0 Å². The smallest absolute Gasteiger partial charge is 0.266 e. The number of nitrogens with zero attached hydrogens (tertiary/aromatic N) is 1. The van der Waals surface area contributed by atoms with Crippen molar-refractivity contribution in [2.75, 3.05) is 5.32 Å². The Morgan fingerprint density at radius 2 is 1.97 bits per heavy atom. The molecule has 3 aromatic rings. The standard InChI is InChI=1S/C24H17BrClIN2O2/c1-15-20(26)8-5-9-22(15)29-24(30)18(13-28)10-17-11-19(25)23(21(27)12-17)31-14-16-6-3-2-4-7-16/h2-12H,14H2,1H3,(H,29,30)/b18-10-. The van der Waals surface area contributed by atoms with Crippen LogP contribution < -0.4 is 10.1 Å². The summed E-state index contributed by atoms with van der Waals surface area (Å²) < 4.78 is 7.56. The van der Waals surface area contributed by atoms with Crippen molar-refractivity contribution in [3.63, 3.8) is 0 Å². The van der Waals surface area contributed by atoms with Crippen LogP contribution in [0.25, 0.3) is 6.08 Å². The van der Waals surface area contributed by atoms with E-state index in [1.165, 1.54) is 0 Å². The monoisotopic (exact) mass is 606 g/mol. The van der Waals surface area contributed by atoms with E-state index in [2.05, 4.69) is 43.8 Å². The lowest BCUT2D eigenvalue weighted by atomic mass is 10.1. The molecule has 0 aliphatic heterocycles. The van der Waals surface area contributed by atoms with Crippen LogP contribution in [0.15, 0.2) is 70.7 Å².